The molecule has 0 aromatic carbocycles. The number of imidazole rings is 1. The van der Waals surface area contributed by atoms with Crippen LogP contribution in [-0.4, -0.2) is 81.1 Å². The van der Waals surface area contributed by atoms with Gasteiger partial charge in [0.05, 0.1) is 19.0 Å². The number of carbonyl (C=O) groups is 5. The first kappa shape index (κ1) is 24.5. The second-order valence-corrected chi connectivity index (χ2v) is 6.31. The Bertz CT molecular complexity index is 753. The van der Waals surface area contributed by atoms with Gasteiger partial charge < -0.3 is 42.6 Å². The van der Waals surface area contributed by atoms with Gasteiger partial charge in [0, 0.05) is 24.7 Å². The number of carboxylic acid groups (broad SMARTS) is 1. The molecule has 0 bridgehead atoms. The molecule has 4 amide bonds. The molecule has 166 valence electrons. The Kier molecular flexibility index (Phi) is 9.91. The first-order chi connectivity index (χ1) is 14.1. The summed E-state index contributed by atoms with van der Waals surface area (Å²) >= 11 is 0. The second-order valence-electron chi connectivity index (χ2n) is 6.31. The van der Waals surface area contributed by atoms with Crippen molar-refractivity contribution in [3.05, 3.63) is 18.2 Å². The fourth-order valence-electron chi connectivity index (χ4n) is 2.31. The molecule has 14 heteroatoms. The van der Waals surface area contributed by atoms with E-state index in [0.717, 1.165) is 0 Å². The van der Waals surface area contributed by atoms with Crippen molar-refractivity contribution in [2.45, 2.75) is 37.4 Å². The molecular formula is C16H25N7O7. The number of nitrogens with two attached hydrogens (primary N) is 2. The van der Waals surface area contributed by atoms with Crippen LogP contribution < -0.4 is 27.4 Å². The van der Waals surface area contributed by atoms with Crippen molar-refractivity contribution in [1.29, 1.82) is 0 Å². The monoisotopic (exact) mass is 427 g/mol. The molecule has 0 saturated carbocycles. The third-order valence-electron chi connectivity index (χ3n) is 3.87. The largest absolute Gasteiger partial charge is 0.480 e. The fourth-order valence-corrected chi connectivity index (χ4v) is 2.31. The third kappa shape index (κ3) is 8.66. The van der Waals surface area contributed by atoms with E-state index in [1.807, 2.05) is 0 Å². The van der Waals surface area contributed by atoms with E-state index in [1.54, 1.807) is 0 Å². The lowest BCUT2D eigenvalue weighted by Gasteiger charge is -2.22. The number of aromatic amines is 1. The van der Waals surface area contributed by atoms with Gasteiger partial charge in [-0.05, 0) is 6.42 Å². The number of primary amides is 1. The van der Waals surface area contributed by atoms with E-state index in [2.05, 4.69) is 25.9 Å². The van der Waals surface area contributed by atoms with Crippen molar-refractivity contribution in [1.82, 2.24) is 25.9 Å². The number of aliphatic carboxylic acids is 1. The van der Waals surface area contributed by atoms with Crippen LogP contribution in [0, 0.1) is 0 Å². The molecule has 0 aliphatic heterocycles. The zero-order valence-electron chi connectivity index (χ0n) is 16.0. The quantitative estimate of drug-likeness (QED) is 0.151. The van der Waals surface area contributed by atoms with E-state index >= 15 is 0 Å². The molecule has 0 fully saturated rings. The van der Waals surface area contributed by atoms with Gasteiger partial charge in [-0.1, -0.05) is 0 Å². The Morgan fingerprint density at radius 2 is 1.77 bits per heavy atom. The van der Waals surface area contributed by atoms with Crippen molar-refractivity contribution in [3.63, 3.8) is 0 Å². The molecule has 3 atom stereocenters. The summed E-state index contributed by atoms with van der Waals surface area (Å²) in [6, 6.07) is -3.79. The summed E-state index contributed by atoms with van der Waals surface area (Å²) in [7, 11) is 0. The molecule has 0 spiro atoms. The molecule has 14 nitrogen and oxygen atoms in total. The van der Waals surface area contributed by atoms with Gasteiger partial charge in [-0.3, -0.25) is 24.0 Å². The van der Waals surface area contributed by atoms with Gasteiger partial charge in [0.25, 0.3) is 0 Å². The molecule has 10 N–H and O–H groups in total. The number of carboxylic acids is 1. The highest BCUT2D eigenvalue weighted by Crippen LogP contribution is 2.00. The number of H-pyrrole nitrogens is 1. The van der Waals surface area contributed by atoms with Crippen molar-refractivity contribution in [2.24, 2.45) is 11.5 Å². The number of nitrogens with one attached hydrogen (secondary N) is 4. The number of nitrogens with zero attached hydrogens (tertiary/aromatic N) is 1. The number of aromatic nitrogens is 2. The summed E-state index contributed by atoms with van der Waals surface area (Å²) < 4.78 is 0. The number of aliphatic hydroxyl groups is 1. The van der Waals surface area contributed by atoms with E-state index in [1.165, 1.54) is 12.5 Å². The molecule has 1 heterocycles. The first-order valence-electron chi connectivity index (χ1n) is 8.86. The van der Waals surface area contributed by atoms with Crippen molar-refractivity contribution in [2.75, 3.05) is 13.2 Å². The zero-order valence-corrected chi connectivity index (χ0v) is 16.0. The minimum Gasteiger partial charge on any atom is -0.480 e. The Morgan fingerprint density at radius 1 is 1.10 bits per heavy atom. The number of amides is 4. The molecule has 30 heavy (non-hydrogen) atoms. The minimum absolute atomic E-state index is 0.102. The van der Waals surface area contributed by atoms with E-state index in [-0.39, 0.29) is 19.3 Å². The van der Waals surface area contributed by atoms with Crippen LogP contribution in [0.4, 0.5) is 0 Å². The van der Waals surface area contributed by atoms with Crippen molar-refractivity contribution >= 4 is 29.6 Å². The van der Waals surface area contributed by atoms with Gasteiger partial charge in [-0.15, -0.1) is 0 Å². The van der Waals surface area contributed by atoms with Crippen LogP contribution >= 0.6 is 0 Å². The van der Waals surface area contributed by atoms with Crippen molar-refractivity contribution in [3.8, 4) is 0 Å². The topological polar surface area (TPSA) is 243 Å². The van der Waals surface area contributed by atoms with Crippen LogP contribution in [0.3, 0.4) is 0 Å². The molecule has 0 aliphatic rings. The maximum Gasteiger partial charge on any atom is 0.322 e. The summed E-state index contributed by atoms with van der Waals surface area (Å²) in [4.78, 5) is 64.8. The zero-order chi connectivity index (χ0) is 22.7. The van der Waals surface area contributed by atoms with Crippen LogP contribution in [0.1, 0.15) is 18.5 Å². The molecule has 0 saturated heterocycles. The predicted octanol–water partition coefficient (Wildman–Crippen LogP) is -4.29. The van der Waals surface area contributed by atoms with Crippen LogP contribution in [0.2, 0.25) is 0 Å². The number of aliphatic hydroxyl groups excluding tert-OH is 1. The molecule has 1 aromatic rings. The second kappa shape index (κ2) is 12.1. The van der Waals surface area contributed by atoms with Gasteiger partial charge in [0.1, 0.15) is 18.6 Å². The van der Waals surface area contributed by atoms with E-state index in [9.17, 15) is 29.1 Å². The average molecular weight is 427 g/mol. The summed E-state index contributed by atoms with van der Waals surface area (Å²) in [5.74, 6) is -4.58. The lowest BCUT2D eigenvalue weighted by Crippen LogP contribution is -2.57. The maximum absolute atomic E-state index is 12.4. The molecule has 1 aromatic heterocycles. The first-order valence-corrected chi connectivity index (χ1v) is 8.86. The fraction of sp³-hybridized carbons (Fsp3) is 0.500. The van der Waals surface area contributed by atoms with E-state index in [4.69, 9.17) is 16.6 Å². The number of rotatable bonds is 13. The molecular weight excluding hydrogens is 402 g/mol. The highest BCUT2D eigenvalue weighted by Gasteiger charge is 2.28. The molecule has 0 aliphatic carbocycles. The van der Waals surface area contributed by atoms with Gasteiger partial charge in [0.2, 0.25) is 23.6 Å². The Morgan fingerprint density at radius 3 is 2.30 bits per heavy atom. The minimum atomic E-state index is -1.44. The smallest absolute Gasteiger partial charge is 0.322 e. The number of hydrogen-bond donors (Lipinski definition) is 8. The van der Waals surface area contributed by atoms with Gasteiger partial charge >= 0.3 is 5.97 Å². The highest BCUT2D eigenvalue weighted by atomic mass is 16.4. The van der Waals surface area contributed by atoms with Crippen LogP contribution in [0.15, 0.2) is 12.5 Å². The Hall–Kier alpha value is -3.52. The van der Waals surface area contributed by atoms with Crippen LogP contribution in [0.25, 0.3) is 0 Å². The van der Waals surface area contributed by atoms with Gasteiger partial charge in [-0.25, -0.2) is 4.98 Å². The van der Waals surface area contributed by atoms with Crippen LogP contribution in [0.5, 0.6) is 0 Å². The summed E-state index contributed by atoms with van der Waals surface area (Å²) in [6.45, 7) is -1.50. The Labute approximate surface area is 170 Å². The van der Waals surface area contributed by atoms with Crippen molar-refractivity contribution < 1.29 is 34.2 Å². The number of carbonyl (C=O) groups excluding carboxylic acids is 4. The lowest BCUT2D eigenvalue weighted by atomic mass is 10.1. The van der Waals surface area contributed by atoms with Crippen LogP contribution in [-0.2, 0) is 30.4 Å². The number of hydrogen-bond acceptors (Lipinski definition) is 8. The summed E-state index contributed by atoms with van der Waals surface area (Å²) in [5.41, 5.74) is 11.4. The molecule has 0 unspecified atom stereocenters. The lowest BCUT2D eigenvalue weighted by molar-refractivity contribution is -0.138. The summed E-state index contributed by atoms with van der Waals surface area (Å²) in [5, 5.41) is 24.7. The predicted molar refractivity (Wildman–Crippen MR) is 100 cm³/mol. The van der Waals surface area contributed by atoms with E-state index in [0.29, 0.717) is 5.69 Å². The average Bonchev–Trinajstić information content (AvgIpc) is 3.19. The Balaban J connectivity index is 2.72. The van der Waals surface area contributed by atoms with E-state index < -0.39 is 60.9 Å². The SMILES string of the molecule is NC(=O)CC[C@H](NC(=O)[C@H](CO)NC(=O)[C@@H](N)Cc1cnc[nH]1)C(=O)NCC(=O)O. The normalized spacial score (nSPS) is 13.5. The molecule has 0 radical (unpaired) electrons. The highest BCUT2D eigenvalue weighted by molar-refractivity contribution is 5.94. The van der Waals surface area contributed by atoms with Gasteiger partial charge in [-0.2, -0.15) is 0 Å². The third-order valence-corrected chi connectivity index (χ3v) is 3.87. The molecule has 1 rings (SSSR count). The maximum atomic E-state index is 12.4. The standard InChI is InChI=1S/C16H25N7O7/c17-9(3-8-4-19-7-21-8)14(28)23-11(6-24)16(30)22-10(1-2-12(18)25)15(29)20-5-13(26)27/h4,7,9-11,24H,1-3,5-6,17H2,(H2,18,25)(H,19,21)(H,20,29)(H,22,30)(H,23,28)(H,26,27)/t9-,10-,11-/m0/s1. The summed E-state index contributed by atoms with van der Waals surface area (Å²) in [6.07, 6.45) is 2.51. The van der Waals surface area contributed by atoms with Gasteiger partial charge in [0.15, 0.2) is 0 Å².